The molecule has 0 unspecified atom stereocenters. The highest BCUT2D eigenvalue weighted by molar-refractivity contribution is 5.06. The van der Waals surface area contributed by atoms with Crippen molar-refractivity contribution >= 4 is 0 Å². The van der Waals surface area contributed by atoms with Crippen molar-refractivity contribution in [2.75, 3.05) is 26.3 Å². The maximum absolute atomic E-state index is 5.31. The van der Waals surface area contributed by atoms with E-state index in [1.807, 2.05) is 0 Å². The Morgan fingerprint density at radius 1 is 1.38 bits per heavy atom. The summed E-state index contributed by atoms with van der Waals surface area (Å²) in [6, 6.07) is 0. The Morgan fingerprint density at radius 2 is 1.92 bits per heavy atom. The van der Waals surface area contributed by atoms with Crippen molar-refractivity contribution in [3.63, 3.8) is 0 Å². The molecule has 1 saturated heterocycles. The number of nitrogens with zero attached hydrogens (tertiary/aromatic N) is 1. The Balaban J connectivity index is 2.55. The number of allylic oxidation sites excluding steroid dienone is 1. The zero-order chi connectivity index (χ0) is 9.90. The lowest BCUT2D eigenvalue weighted by molar-refractivity contribution is 0.0435. The molecule has 76 valence electrons. The number of ether oxygens (including phenoxy) is 1. The van der Waals surface area contributed by atoms with Crippen molar-refractivity contribution < 1.29 is 4.74 Å². The molecule has 2 nitrogen and oxygen atoms in total. The minimum atomic E-state index is 0.233. The Labute approximate surface area is 81.6 Å². The smallest absolute Gasteiger partial charge is 0.0642 e. The van der Waals surface area contributed by atoms with Crippen LogP contribution in [-0.2, 0) is 4.74 Å². The maximum Gasteiger partial charge on any atom is 0.0642 e. The third-order valence-electron chi connectivity index (χ3n) is 3.06. The van der Waals surface area contributed by atoms with E-state index >= 15 is 0 Å². The van der Waals surface area contributed by atoms with Gasteiger partial charge in [0.1, 0.15) is 0 Å². The number of rotatable bonds is 3. The molecule has 0 saturated carbocycles. The monoisotopic (exact) mass is 183 g/mol. The Kier molecular flexibility index (Phi) is 3.37. The first-order valence-electron chi connectivity index (χ1n) is 5.10. The molecule has 2 heteroatoms. The van der Waals surface area contributed by atoms with Crippen molar-refractivity contribution in [2.45, 2.75) is 27.2 Å². The van der Waals surface area contributed by atoms with Crippen LogP contribution in [-0.4, -0.2) is 31.2 Å². The van der Waals surface area contributed by atoms with Crippen molar-refractivity contribution in [1.82, 2.24) is 4.90 Å². The fraction of sp³-hybridized carbons (Fsp3) is 0.818. The highest BCUT2D eigenvalue weighted by Crippen LogP contribution is 2.31. The molecule has 1 fully saturated rings. The number of hydrogen-bond acceptors (Lipinski definition) is 2. The van der Waals surface area contributed by atoms with Gasteiger partial charge in [0, 0.05) is 24.2 Å². The van der Waals surface area contributed by atoms with Gasteiger partial charge in [-0.15, -0.1) is 0 Å². The highest BCUT2D eigenvalue weighted by Gasteiger charge is 2.25. The molecule has 0 bridgehead atoms. The molecule has 0 aromatic rings. The van der Waals surface area contributed by atoms with E-state index in [9.17, 15) is 0 Å². The van der Waals surface area contributed by atoms with E-state index in [1.165, 1.54) is 5.70 Å². The predicted octanol–water partition coefficient (Wildman–Crippen LogP) is 2.27. The van der Waals surface area contributed by atoms with E-state index in [4.69, 9.17) is 4.74 Å². The Morgan fingerprint density at radius 3 is 2.38 bits per heavy atom. The lowest BCUT2D eigenvalue weighted by Gasteiger charge is -2.38. The lowest BCUT2D eigenvalue weighted by Crippen LogP contribution is -2.39. The van der Waals surface area contributed by atoms with Crippen molar-refractivity contribution in [2.24, 2.45) is 5.41 Å². The summed E-state index contributed by atoms with van der Waals surface area (Å²) >= 11 is 0. The molecule has 0 spiro atoms. The molecule has 1 heterocycles. The second-order valence-electron chi connectivity index (χ2n) is 4.28. The summed E-state index contributed by atoms with van der Waals surface area (Å²) in [5.41, 5.74) is 1.50. The molecule has 1 rings (SSSR count). The van der Waals surface area contributed by atoms with Crippen LogP contribution in [0.2, 0.25) is 0 Å². The Hall–Kier alpha value is -0.500. The lowest BCUT2D eigenvalue weighted by atomic mass is 9.86. The molecule has 0 aromatic carbocycles. The van der Waals surface area contributed by atoms with Gasteiger partial charge in [0.05, 0.1) is 13.2 Å². The summed E-state index contributed by atoms with van der Waals surface area (Å²) in [6.45, 7) is 14.6. The summed E-state index contributed by atoms with van der Waals surface area (Å²) in [7, 11) is 0. The first-order chi connectivity index (χ1) is 6.08. The van der Waals surface area contributed by atoms with Crippen LogP contribution in [0.25, 0.3) is 0 Å². The summed E-state index contributed by atoms with van der Waals surface area (Å²) in [5.74, 6) is 0. The summed E-state index contributed by atoms with van der Waals surface area (Å²) in [4.78, 5) is 2.35. The largest absolute Gasteiger partial charge is 0.378 e. The van der Waals surface area contributed by atoms with Crippen LogP contribution in [0.4, 0.5) is 0 Å². The van der Waals surface area contributed by atoms with Crippen LogP contribution < -0.4 is 0 Å². The van der Waals surface area contributed by atoms with Crippen molar-refractivity contribution in [3.05, 3.63) is 12.3 Å². The van der Waals surface area contributed by atoms with Gasteiger partial charge in [-0.2, -0.15) is 0 Å². The van der Waals surface area contributed by atoms with Gasteiger partial charge in [-0.05, 0) is 6.42 Å². The van der Waals surface area contributed by atoms with Crippen molar-refractivity contribution in [1.29, 1.82) is 0 Å². The normalized spacial score (nSPS) is 18.8. The van der Waals surface area contributed by atoms with E-state index < -0.39 is 0 Å². The molecule has 13 heavy (non-hydrogen) atoms. The zero-order valence-corrected chi connectivity index (χ0v) is 9.10. The third-order valence-corrected chi connectivity index (χ3v) is 3.06. The molecule has 0 atom stereocenters. The first kappa shape index (κ1) is 10.6. The number of morpholine rings is 1. The molecule has 0 amide bonds. The highest BCUT2D eigenvalue weighted by atomic mass is 16.5. The van der Waals surface area contributed by atoms with Gasteiger partial charge in [-0.3, -0.25) is 0 Å². The van der Waals surface area contributed by atoms with Gasteiger partial charge >= 0.3 is 0 Å². The van der Waals surface area contributed by atoms with Crippen LogP contribution >= 0.6 is 0 Å². The van der Waals surface area contributed by atoms with E-state index in [2.05, 4.69) is 32.3 Å². The van der Waals surface area contributed by atoms with Gasteiger partial charge in [-0.1, -0.05) is 27.4 Å². The third kappa shape index (κ3) is 2.47. The fourth-order valence-electron chi connectivity index (χ4n) is 1.47. The van der Waals surface area contributed by atoms with Gasteiger partial charge in [0.25, 0.3) is 0 Å². The second-order valence-corrected chi connectivity index (χ2v) is 4.28. The topological polar surface area (TPSA) is 12.5 Å². The minimum absolute atomic E-state index is 0.233. The standard InChI is InChI=1S/C11H21NO/c1-5-11(3,4)10(2)12-6-8-13-9-7-12/h2,5-9H2,1,3-4H3. The van der Waals surface area contributed by atoms with Gasteiger partial charge < -0.3 is 9.64 Å². The second kappa shape index (κ2) is 4.14. The van der Waals surface area contributed by atoms with E-state index in [1.54, 1.807) is 0 Å². The molecular weight excluding hydrogens is 162 g/mol. The van der Waals surface area contributed by atoms with Crippen molar-refractivity contribution in [3.8, 4) is 0 Å². The predicted molar refractivity (Wildman–Crippen MR) is 55.6 cm³/mol. The maximum atomic E-state index is 5.31. The van der Waals surface area contributed by atoms with E-state index in [0.717, 1.165) is 32.7 Å². The molecule has 0 N–H and O–H groups in total. The fourth-order valence-corrected chi connectivity index (χ4v) is 1.47. The van der Waals surface area contributed by atoms with Crippen LogP contribution in [0.5, 0.6) is 0 Å². The van der Waals surface area contributed by atoms with Crippen LogP contribution in [0.1, 0.15) is 27.2 Å². The molecule has 0 aromatic heterocycles. The first-order valence-corrected chi connectivity index (χ1v) is 5.10. The minimum Gasteiger partial charge on any atom is -0.378 e. The average molecular weight is 183 g/mol. The van der Waals surface area contributed by atoms with Crippen LogP contribution in [0.15, 0.2) is 12.3 Å². The summed E-state index contributed by atoms with van der Waals surface area (Å²) in [5, 5.41) is 0. The summed E-state index contributed by atoms with van der Waals surface area (Å²) in [6.07, 6.45) is 1.14. The molecular formula is C11H21NO. The van der Waals surface area contributed by atoms with Gasteiger partial charge in [-0.25, -0.2) is 0 Å². The Bertz CT molecular complexity index is 181. The molecule has 1 aliphatic rings. The van der Waals surface area contributed by atoms with E-state index in [-0.39, 0.29) is 5.41 Å². The van der Waals surface area contributed by atoms with E-state index in [0.29, 0.717) is 0 Å². The SMILES string of the molecule is C=C(N1CCOCC1)C(C)(C)CC. The molecule has 0 radical (unpaired) electrons. The van der Waals surface area contributed by atoms with Gasteiger partial charge in [0.15, 0.2) is 0 Å². The summed E-state index contributed by atoms with van der Waals surface area (Å²) < 4.78 is 5.31. The number of hydrogen-bond donors (Lipinski definition) is 0. The van der Waals surface area contributed by atoms with Crippen LogP contribution in [0.3, 0.4) is 0 Å². The molecule has 0 aliphatic carbocycles. The van der Waals surface area contributed by atoms with Crippen LogP contribution in [0, 0.1) is 5.41 Å². The average Bonchev–Trinajstić information content (AvgIpc) is 2.18. The molecule has 1 aliphatic heterocycles. The van der Waals surface area contributed by atoms with Gasteiger partial charge in [0.2, 0.25) is 0 Å². The quantitative estimate of drug-likeness (QED) is 0.665. The zero-order valence-electron chi connectivity index (χ0n) is 9.10.